The highest BCUT2D eigenvalue weighted by Crippen LogP contribution is 2.35. The molecule has 1 aliphatic heterocycles. The Morgan fingerprint density at radius 1 is 1.32 bits per heavy atom. The van der Waals surface area contributed by atoms with Crippen LogP contribution < -0.4 is 20.1 Å². The number of aliphatic imine (C=N–C) groups is 1. The fraction of sp³-hybridized carbons (Fsp3) is 0.632. The third kappa shape index (κ3) is 7.10. The van der Waals surface area contributed by atoms with E-state index in [-0.39, 0.29) is 12.7 Å². The molecule has 0 fully saturated rings. The highest BCUT2D eigenvalue weighted by atomic mass is 19.4. The molecule has 9 heteroatoms. The zero-order chi connectivity index (χ0) is 20.6. The molecule has 0 saturated carbocycles. The van der Waals surface area contributed by atoms with Crippen LogP contribution in [-0.4, -0.2) is 51.7 Å². The van der Waals surface area contributed by atoms with Crippen molar-refractivity contribution in [3.63, 3.8) is 0 Å². The van der Waals surface area contributed by atoms with Crippen molar-refractivity contribution in [1.82, 2.24) is 10.6 Å². The average molecular weight is 403 g/mol. The lowest BCUT2D eigenvalue weighted by Gasteiger charge is -2.16. The summed E-state index contributed by atoms with van der Waals surface area (Å²) in [5.74, 6) is 2.23. The van der Waals surface area contributed by atoms with E-state index in [1.165, 1.54) is 0 Å². The SMILES string of the molecule is CCOc1cc2c(cc1CNC(=NC)NCCCOCC(F)(F)F)OC(C)C2. The quantitative estimate of drug-likeness (QED) is 0.377. The zero-order valence-electron chi connectivity index (χ0n) is 16.5. The number of guanidine groups is 1. The van der Waals surface area contributed by atoms with Gasteiger partial charge in [-0.1, -0.05) is 0 Å². The molecule has 158 valence electrons. The van der Waals surface area contributed by atoms with Gasteiger partial charge in [0.25, 0.3) is 0 Å². The van der Waals surface area contributed by atoms with Crippen LogP contribution in [0, 0.1) is 0 Å². The van der Waals surface area contributed by atoms with Crippen LogP contribution >= 0.6 is 0 Å². The molecule has 28 heavy (non-hydrogen) atoms. The number of nitrogens with zero attached hydrogens (tertiary/aromatic N) is 1. The number of benzene rings is 1. The fourth-order valence-electron chi connectivity index (χ4n) is 2.88. The van der Waals surface area contributed by atoms with Crippen molar-refractivity contribution < 1.29 is 27.4 Å². The van der Waals surface area contributed by atoms with Gasteiger partial charge in [-0.2, -0.15) is 13.2 Å². The molecule has 1 heterocycles. The largest absolute Gasteiger partial charge is 0.494 e. The molecule has 6 nitrogen and oxygen atoms in total. The van der Waals surface area contributed by atoms with Gasteiger partial charge in [0.2, 0.25) is 0 Å². The summed E-state index contributed by atoms with van der Waals surface area (Å²) in [5, 5.41) is 6.24. The van der Waals surface area contributed by atoms with Gasteiger partial charge < -0.3 is 24.8 Å². The minimum atomic E-state index is -4.29. The van der Waals surface area contributed by atoms with Crippen LogP contribution in [0.2, 0.25) is 0 Å². The minimum Gasteiger partial charge on any atom is -0.494 e. The molecule has 0 saturated heterocycles. The molecule has 0 amide bonds. The first kappa shape index (κ1) is 22.1. The molecular formula is C19H28F3N3O3. The van der Waals surface area contributed by atoms with Gasteiger partial charge in [-0.3, -0.25) is 4.99 Å². The Morgan fingerprint density at radius 3 is 2.79 bits per heavy atom. The van der Waals surface area contributed by atoms with Crippen molar-refractivity contribution in [3.8, 4) is 11.5 Å². The Hall–Kier alpha value is -2.16. The van der Waals surface area contributed by atoms with Gasteiger partial charge >= 0.3 is 6.18 Å². The molecule has 0 spiro atoms. The van der Waals surface area contributed by atoms with E-state index in [2.05, 4.69) is 20.4 Å². The molecule has 0 radical (unpaired) electrons. The van der Waals surface area contributed by atoms with Crippen LogP contribution in [0.5, 0.6) is 11.5 Å². The van der Waals surface area contributed by atoms with E-state index in [4.69, 9.17) is 9.47 Å². The van der Waals surface area contributed by atoms with Crippen molar-refractivity contribution in [1.29, 1.82) is 0 Å². The Balaban J connectivity index is 1.82. The second-order valence-corrected chi connectivity index (χ2v) is 6.51. The van der Waals surface area contributed by atoms with E-state index >= 15 is 0 Å². The molecule has 1 aliphatic rings. The van der Waals surface area contributed by atoms with Gasteiger partial charge in [-0.05, 0) is 32.4 Å². The Labute approximate surface area is 163 Å². The summed E-state index contributed by atoms with van der Waals surface area (Å²) < 4.78 is 52.2. The number of fused-ring (bicyclic) bond motifs is 1. The van der Waals surface area contributed by atoms with Gasteiger partial charge in [0.05, 0.1) is 6.61 Å². The molecule has 1 unspecified atom stereocenters. The second-order valence-electron chi connectivity index (χ2n) is 6.51. The lowest BCUT2D eigenvalue weighted by atomic mass is 10.1. The highest BCUT2D eigenvalue weighted by Gasteiger charge is 2.27. The van der Waals surface area contributed by atoms with Crippen molar-refractivity contribution in [3.05, 3.63) is 23.3 Å². The molecular weight excluding hydrogens is 375 g/mol. The predicted molar refractivity (Wildman–Crippen MR) is 101 cm³/mol. The average Bonchev–Trinajstić information content (AvgIpc) is 2.98. The highest BCUT2D eigenvalue weighted by molar-refractivity contribution is 5.79. The lowest BCUT2D eigenvalue weighted by Crippen LogP contribution is -2.37. The summed E-state index contributed by atoms with van der Waals surface area (Å²) in [7, 11) is 1.63. The van der Waals surface area contributed by atoms with E-state index in [0.717, 1.165) is 29.0 Å². The van der Waals surface area contributed by atoms with Crippen molar-refractivity contribution in [2.75, 3.05) is 33.4 Å². The smallest absolute Gasteiger partial charge is 0.411 e. The molecule has 1 aromatic carbocycles. The van der Waals surface area contributed by atoms with Gasteiger partial charge in [0.15, 0.2) is 5.96 Å². The fourth-order valence-corrected chi connectivity index (χ4v) is 2.88. The van der Waals surface area contributed by atoms with Crippen LogP contribution in [0.3, 0.4) is 0 Å². The first-order valence-electron chi connectivity index (χ1n) is 9.36. The summed E-state index contributed by atoms with van der Waals surface area (Å²) in [6.45, 7) is 4.25. The number of nitrogens with one attached hydrogen (secondary N) is 2. The Bertz CT molecular complexity index is 666. The van der Waals surface area contributed by atoms with Crippen LogP contribution in [0.1, 0.15) is 31.4 Å². The standard InChI is InChI=1S/C19H28F3N3O3/c1-4-27-16-9-14-8-13(2)28-17(14)10-15(16)11-25-18(23-3)24-6-5-7-26-12-19(20,21)22/h9-10,13H,4-8,11-12H2,1-3H3,(H2,23,24,25). The summed E-state index contributed by atoms with van der Waals surface area (Å²) in [6.07, 6.45) is -2.84. The lowest BCUT2D eigenvalue weighted by molar-refractivity contribution is -0.173. The van der Waals surface area contributed by atoms with Crippen LogP contribution in [0.4, 0.5) is 13.2 Å². The number of hydrogen-bond donors (Lipinski definition) is 2. The maximum atomic E-state index is 12.0. The minimum absolute atomic E-state index is 0.0261. The Kier molecular flexibility index (Phi) is 8.22. The van der Waals surface area contributed by atoms with E-state index in [1.807, 2.05) is 26.0 Å². The van der Waals surface area contributed by atoms with E-state index in [9.17, 15) is 13.2 Å². The molecule has 2 rings (SSSR count). The van der Waals surface area contributed by atoms with Crippen LogP contribution in [0.25, 0.3) is 0 Å². The third-order valence-electron chi connectivity index (χ3n) is 4.07. The maximum Gasteiger partial charge on any atom is 0.411 e. The number of rotatable bonds is 9. The van der Waals surface area contributed by atoms with E-state index < -0.39 is 12.8 Å². The van der Waals surface area contributed by atoms with E-state index in [1.54, 1.807) is 7.05 Å². The molecule has 1 atom stereocenters. The number of alkyl halides is 3. The summed E-state index contributed by atoms with van der Waals surface area (Å²) in [6, 6.07) is 4.00. The molecule has 0 aromatic heterocycles. The Morgan fingerprint density at radius 2 is 2.11 bits per heavy atom. The van der Waals surface area contributed by atoms with Gasteiger partial charge in [0, 0.05) is 44.3 Å². The molecule has 0 aliphatic carbocycles. The van der Waals surface area contributed by atoms with Gasteiger partial charge in [0.1, 0.15) is 24.2 Å². The number of hydrogen-bond acceptors (Lipinski definition) is 4. The molecule has 1 aromatic rings. The maximum absolute atomic E-state index is 12.0. The summed E-state index contributed by atoms with van der Waals surface area (Å²) in [4.78, 5) is 4.12. The first-order chi connectivity index (χ1) is 13.3. The number of ether oxygens (including phenoxy) is 3. The third-order valence-corrected chi connectivity index (χ3v) is 4.07. The first-order valence-corrected chi connectivity index (χ1v) is 9.36. The monoisotopic (exact) mass is 403 g/mol. The normalized spacial score (nSPS) is 16.5. The zero-order valence-corrected chi connectivity index (χ0v) is 16.5. The summed E-state index contributed by atoms with van der Waals surface area (Å²) in [5.41, 5.74) is 2.09. The topological polar surface area (TPSA) is 64.1 Å². The van der Waals surface area contributed by atoms with Gasteiger partial charge in [-0.15, -0.1) is 0 Å². The number of halogens is 3. The molecule has 2 N–H and O–H groups in total. The van der Waals surface area contributed by atoms with E-state index in [0.29, 0.717) is 32.1 Å². The molecule has 0 bridgehead atoms. The van der Waals surface area contributed by atoms with Crippen LogP contribution in [-0.2, 0) is 17.7 Å². The van der Waals surface area contributed by atoms with Crippen molar-refractivity contribution in [2.24, 2.45) is 4.99 Å². The predicted octanol–water partition coefficient (Wildman–Crippen LogP) is 3.04. The van der Waals surface area contributed by atoms with Gasteiger partial charge in [-0.25, -0.2) is 0 Å². The summed E-state index contributed by atoms with van der Waals surface area (Å²) >= 11 is 0. The second kappa shape index (κ2) is 10.4. The van der Waals surface area contributed by atoms with Crippen molar-refractivity contribution in [2.45, 2.75) is 45.5 Å². The van der Waals surface area contributed by atoms with Crippen LogP contribution in [0.15, 0.2) is 17.1 Å². The van der Waals surface area contributed by atoms with Crippen molar-refractivity contribution >= 4 is 5.96 Å².